The smallest absolute Gasteiger partial charge is 0.307 e. The fourth-order valence-electron chi connectivity index (χ4n) is 4.84. The number of carboxylic acids is 1. The molecular formula is C33H62O4. The Balaban J connectivity index is 3.50. The number of carboxylic acid groups (broad SMARTS) is 1. The number of unbranched alkanes of at least 4 members (excludes halogenated alkanes) is 20. The van der Waals surface area contributed by atoms with E-state index in [4.69, 9.17) is 9.84 Å². The van der Waals surface area contributed by atoms with Gasteiger partial charge in [0.05, 0.1) is 6.42 Å². The van der Waals surface area contributed by atoms with Crippen molar-refractivity contribution in [1.29, 1.82) is 0 Å². The minimum atomic E-state index is -0.887. The van der Waals surface area contributed by atoms with Crippen LogP contribution in [0.15, 0.2) is 12.2 Å². The molecule has 0 saturated heterocycles. The first-order valence-corrected chi connectivity index (χ1v) is 16.2. The summed E-state index contributed by atoms with van der Waals surface area (Å²) in [5.74, 6) is -1.11. The SMILES string of the molecule is CCCCCCCC/C=C\CCCCCCCCCCCCC(=O)OC(CCCCCCC)CC(=O)O. The third-order valence-corrected chi connectivity index (χ3v) is 7.22. The summed E-state index contributed by atoms with van der Waals surface area (Å²) in [7, 11) is 0. The second-order valence-electron chi connectivity index (χ2n) is 11.0. The van der Waals surface area contributed by atoms with Gasteiger partial charge in [-0.1, -0.05) is 135 Å². The van der Waals surface area contributed by atoms with Crippen molar-refractivity contribution < 1.29 is 19.4 Å². The zero-order valence-electron chi connectivity index (χ0n) is 24.8. The summed E-state index contributed by atoms with van der Waals surface area (Å²) < 4.78 is 5.48. The van der Waals surface area contributed by atoms with Gasteiger partial charge in [0.15, 0.2) is 0 Å². The van der Waals surface area contributed by atoms with Crippen molar-refractivity contribution in [1.82, 2.24) is 0 Å². The summed E-state index contributed by atoms with van der Waals surface area (Å²) in [5, 5.41) is 9.09. The van der Waals surface area contributed by atoms with Crippen molar-refractivity contribution in [2.45, 2.75) is 187 Å². The van der Waals surface area contributed by atoms with Gasteiger partial charge in [-0.2, -0.15) is 0 Å². The van der Waals surface area contributed by atoms with Gasteiger partial charge in [0.2, 0.25) is 0 Å². The first-order chi connectivity index (χ1) is 18.1. The maximum Gasteiger partial charge on any atom is 0.307 e. The van der Waals surface area contributed by atoms with E-state index in [0.29, 0.717) is 12.8 Å². The molecule has 1 atom stereocenters. The Kier molecular flexibility index (Phi) is 28.2. The molecule has 0 amide bonds. The van der Waals surface area contributed by atoms with Crippen LogP contribution in [0.4, 0.5) is 0 Å². The normalized spacial score (nSPS) is 12.3. The third-order valence-electron chi connectivity index (χ3n) is 7.22. The Labute approximate surface area is 230 Å². The number of carbonyl (C=O) groups is 2. The molecule has 4 nitrogen and oxygen atoms in total. The molecule has 0 spiro atoms. The van der Waals surface area contributed by atoms with Gasteiger partial charge >= 0.3 is 11.9 Å². The highest BCUT2D eigenvalue weighted by Gasteiger charge is 2.17. The molecule has 0 aromatic heterocycles. The number of ether oxygens (including phenoxy) is 1. The molecule has 0 fully saturated rings. The van der Waals surface area contributed by atoms with Gasteiger partial charge in [0.25, 0.3) is 0 Å². The van der Waals surface area contributed by atoms with Crippen LogP contribution in [0.2, 0.25) is 0 Å². The Hall–Kier alpha value is -1.32. The molecule has 218 valence electrons. The fourth-order valence-corrected chi connectivity index (χ4v) is 4.84. The maximum absolute atomic E-state index is 12.1. The van der Waals surface area contributed by atoms with Gasteiger partial charge in [-0.3, -0.25) is 9.59 Å². The van der Waals surface area contributed by atoms with Gasteiger partial charge in [0.1, 0.15) is 6.10 Å². The summed E-state index contributed by atoms with van der Waals surface area (Å²) in [6, 6.07) is 0. The Bertz CT molecular complexity index is 528. The van der Waals surface area contributed by atoms with Crippen LogP contribution in [0, 0.1) is 0 Å². The van der Waals surface area contributed by atoms with Crippen molar-refractivity contribution in [3.63, 3.8) is 0 Å². The van der Waals surface area contributed by atoms with Crippen molar-refractivity contribution in [3.05, 3.63) is 12.2 Å². The van der Waals surface area contributed by atoms with Crippen LogP contribution in [0.1, 0.15) is 181 Å². The molecule has 0 saturated carbocycles. The molecule has 4 heteroatoms. The zero-order valence-corrected chi connectivity index (χ0v) is 24.8. The number of aliphatic carboxylic acids is 1. The molecule has 0 aromatic rings. The molecule has 0 rings (SSSR count). The molecule has 1 N–H and O–H groups in total. The van der Waals surface area contributed by atoms with Crippen molar-refractivity contribution >= 4 is 11.9 Å². The second kappa shape index (κ2) is 29.2. The molecule has 0 heterocycles. The lowest BCUT2D eigenvalue weighted by molar-refractivity contribution is -0.153. The summed E-state index contributed by atoms with van der Waals surface area (Å²) in [5.41, 5.74) is 0. The van der Waals surface area contributed by atoms with E-state index in [1.165, 1.54) is 122 Å². The van der Waals surface area contributed by atoms with E-state index in [1.54, 1.807) is 0 Å². The molecule has 0 aliphatic rings. The van der Waals surface area contributed by atoms with E-state index in [1.807, 2.05) is 0 Å². The van der Waals surface area contributed by atoms with Crippen LogP contribution in [-0.4, -0.2) is 23.1 Å². The average molecular weight is 523 g/mol. The highest BCUT2D eigenvalue weighted by Crippen LogP contribution is 2.16. The second-order valence-corrected chi connectivity index (χ2v) is 11.0. The largest absolute Gasteiger partial charge is 0.481 e. The van der Waals surface area contributed by atoms with Gasteiger partial charge in [-0.05, 0) is 44.9 Å². The standard InChI is InChI=1S/C33H62O4/c1-3-5-7-9-10-11-12-13-14-15-16-17-18-19-20-21-22-23-25-27-29-33(36)37-31(30-32(34)35)28-26-24-8-6-4-2/h13-14,31H,3-12,15-30H2,1-2H3,(H,34,35)/b14-13-. The lowest BCUT2D eigenvalue weighted by Crippen LogP contribution is -2.21. The Morgan fingerprint density at radius 1 is 0.595 bits per heavy atom. The first-order valence-electron chi connectivity index (χ1n) is 16.2. The van der Waals surface area contributed by atoms with E-state index < -0.39 is 12.1 Å². The minimum Gasteiger partial charge on any atom is -0.481 e. The van der Waals surface area contributed by atoms with Crippen LogP contribution in [-0.2, 0) is 14.3 Å². The van der Waals surface area contributed by atoms with E-state index >= 15 is 0 Å². The summed E-state index contributed by atoms with van der Waals surface area (Å²) in [6.07, 6.45) is 34.0. The van der Waals surface area contributed by atoms with Crippen LogP contribution in [0.25, 0.3) is 0 Å². The maximum atomic E-state index is 12.1. The highest BCUT2D eigenvalue weighted by molar-refractivity contribution is 5.71. The molecule has 37 heavy (non-hydrogen) atoms. The molecular weight excluding hydrogens is 460 g/mol. The van der Waals surface area contributed by atoms with Crippen LogP contribution >= 0.6 is 0 Å². The van der Waals surface area contributed by atoms with E-state index in [-0.39, 0.29) is 12.4 Å². The highest BCUT2D eigenvalue weighted by atomic mass is 16.5. The van der Waals surface area contributed by atoms with E-state index in [2.05, 4.69) is 26.0 Å². The fraction of sp³-hybridized carbons (Fsp3) is 0.879. The summed E-state index contributed by atoms with van der Waals surface area (Å²) in [6.45, 7) is 4.45. The predicted molar refractivity (Wildman–Crippen MR) is 158 cm³/mol. The van der Waals surface area contributed by atoms with Crippen LogP contribution in [0.3, 0.4) is 0 Å². The molecule has 0 radical (unpaired) electrons. The lowest BCUT2D eigenvalue weighted by Gasteiger charge is -2.16. The Morgan fingerprint density at radius 2 is 1.00 bits per heavy atom. The number of allylic oxidation sites excluding steroid dienone is 2. The van der Waals surface area contributed by atoms with Gasteiger partial charge in [0, 0.05) is 6.42 Å². The molecule has 0 aliphatic heterocycles. The average Bonchev–Trinajstić information content (AvgIpc) is 2.87. The molecule has 1 unspecified atom stereocenters. The number of hydrogen-bond acceptors (Lipinski definition) is 3. The van der Waals surface area contributed by atoms with Crippen LogP contribution in [0.5, 0.6) is 0 Å². The number of rotatable bonds is 29. The quantitative estimate of drug-likeness (QED) is 0.0602. The molecule has 0 bridgehead atoms. The lowest BCUT2D eigenvalue weighted by atomic mass is 10.0. The monoisotopic (exact) mass is 522 g/mol. The molecule has 0 aromatic carbocycles. The third kappa shape index (κ3) is 29.1. The van der Waals surface area contributed by atoms with E-state index in [9.17, 15) is 9.59 Å². The summed E-state index contributed by atoms with van der Waals surface area (Å²) >= 11 is 0. The first kappa shape index (κ1) is 35.7. The van der Waals surface area contributed by atoms with Crippen molar-refractivity contribution in [3.8, 4) is 0 Å². The number of carbonyl (C=O) groups excluding carboxylic acids is 1. The van der Waals surface area contributed by atoms with Gasteiger partial charge in [-0.25, -0.2) is 0 Å². The predicted octanol–water partition coefficient (Wildman–Crippen LogP) is 10.7. The summed E-state index contributed by atoms with van der Waals surface area (Å²) in [4.78, 5) is 23.2. The van der Waals surface area contributed by atoms with Crippen molar-refractivity contribution in [2.75, 3.05) is 0 Å². The van der Waals surface area contributed by atoms with E-state index in [0.717, 1.165) is 25.7 Å². The zero-order chi connectivity index (χ0) is 27.2. The molecule has 0 aliphatic carbocycles. The topological polar surface area (TPSA) is 63.6 Å². The van der Waals surface area contributed by atoms with Gasteiger partial charge < -0.3 is 9.84 Å². The van der Waals surface area contributed by atoms with Crippen LogP contribution < -0.4 is 0 Å². The minimum absolute atomic E-state index is 0.0739. The Morgan fingerprint density at radius 3 is 1.46 bits per heavy atom. The van der Waals surface area contributed by atoms with Crippen molar-refractivity contribution in [2.24, 2.45) is 0 Å². The van der Waals surface area contributed by atoms with Gasteiger partial charge in [-0.15, -0.1) is 0 Å². The number of hydrogen-bond donors (Lipinski definition) is 1. The number of esters is 1.